The van der Waals surface area contributed by atoms with Gasteiger partial charge in [0.05, 0.1) is 22.6 Å². The fourth-order valence-electron chi connectivity index (χ4n) is 3.35. The highest BCUT2D eigenvalue weighted by Crippen LogP contribution is 2.41. The number of anilines is 3. The lowest BCUT2D eigenvalue weighted by atomic mass is 10.0. The van der Waals surface area contributed by atoms with Crippen molar-refractivity contribution >= 4 is 28.0 Å². The molecule has 0 aliphatic heterocycles. The number of nitrogens with zero attached hydrogens (tertiary/aromatic N) is 3. The summed E-state index contributed by atoms with van der Waals surface area (Å²) in [5.74, 6) is -0.0248. The van der Waals surface area contributed by atoms with Gasteiger partial charge in [0.2, 0.25) is 0 Å². The third-order valence-electron chi connectivity index (χ3n) is 4.78. The van der Waals surface area contributed by atoms with Crippen LogP contribution in [0.4, 0.5) is 30.2 Å². The summed E-state index contributed by atoms with van der Waals surface area (Å²) in [6.45, 7) is 0. The number of benzene rings is 2. The molecule has 4 rings (SSSR count). The molecule has 0 aliphatic rings. The molecule has 0 atom stereocenters. The average Bonchev–Trinajstić information content (AvgIpc) is 3.01. The molecular formula is C20H17F3N6. The number of nitrogen functional groups attached to an aromatic ring is 3. The summed E-state index contributed by atoms with van der Waals surface area (Å²) >= 11 is 0. The molecule has 0 saturated carbocycles. The summed E-state index contributed by atoms with van der Waals surface area (Å²) in [6, 6.07) is 10.2. The molecule has 4 aromatic rings. The molecule has 6 N–H and O–H groups in total. The lowest BCUT2D eigenvalue weighted by Gasteiger charge is -2.15. The molecule has 0 unspecified atom stereocenters. The zero-order valence-electron chi connectivity index (χ0n) is 15.3. The van der Waals surface area contributed by atoms with Crippen LogP contribution in [0.2, 0.25) is 0 Å². The smallest absolute Gasteiger partial charge is 0.398 e. The topological polar surface area (TPSA) is 109 Å². The average molecular weight is 398 g/mol. The van der Waals surface area contributed by atoms with Crippen molar-refractivity contribution in [2.45, 2.75) is 6.18 Å². The largest absolute Gasteiger partial charge is 0.419 e. The quantitative estimate of drug-likeness (QED) is 0.441. The number of hydrogen-bond acceptors (Lipinski definition) is 5. The van der Waals surface area contributed by atoms with Crippen molar-refractivity contribution in [2.24, 2.45) is 7.05 Å². The second-order valence-corrected chi connectivity index (χ2v) is 6.66. The van der Waals surface area contributed by atoms with Crippen molar-refractivity contribution in [2.75, 3.05) is 17.2 Å². The number of fused-ring (bicyclic) bond motifs is 1. The molecule has 29 heavy (non-hydrogen) atoms. The van der Waals surface area contributed by atoms with E-state index in [1.165, 1.54) is 12.1 Å². The van der Waals surface area contributed by atoms with Crippen LogP contribution in [0.15, 0.2) is 48.8 Å². The van der Waals surface area contributed by atoms with Gasteiger partial charge in [0.25, 0.3) is 0 Å². The van der Waals surface area contributed by atoms with Gasteiger partial charge in [0.1, 0.15) is 5.56 Å². The molecule has 0 spiro atoms. The Morgan fingerprint density at radius 3 is 2.38 bits per heavy atom. The first-order valence-electron chi connectivity index (χ1n) is 8.61. The minimum absolute atomic E-state index is 0.0248. The van der Waals surface area contributed by atoms with Gasteiger partial charge in [0.15, 0.2) is 5.82 Å². The van der Waals surface area contributed by atoms with E-state index in [0.717, 1.165) is 11.7 Å². The maximum Gasteiger partial charge on any atom is 0.419 e. The minimum Gasteiger partial charge on any atom is -0.398 e. The number of alkyl halides is 3. The van der Waals surface area contributed by atoms with Crippen LogP contribution in [0.5, 0.6) is 0 Å². The molecule has 9 heteroatoms. The van der Waals surface area contributed by atoms with Crippen LogP contribution >= 0.6 is 0 Å². The SMILES string of the molecule is Cn1cc(-c2nc(-c3c(N)ccc(N)c3N)ncc2C(F)(F)F)c2ccccc21. The maximum atomic E-state index is 13.7. The van der Waals surface area contributed by atoms with Crippen LogP contribution in [0.3, 0.4) is 0 Å². The van der Waals surface area contributed by atoms with E-state index in [0.29, 0.717) is 10.9 Å². The zero-order valence-corrected chi connectivity index (χ0v) is 15.3. The van der Waals surface area contributed by atoms with E-state index < -0.39 is 11.7 Å². The zero-order chi connectivity index (χ0) is 20.9. The first kappa shape index (κ1) is 18.6. The van der Waals surface area contributed by atoms with Crippen molar-refractivity contribution in [1.29, 1.82) is 0 Å². The number of rotatable bonds is 2. The van der Waals surface area contributed by atoms with E-state index >= 15 is 0 Å². The number of aromatic nitrogens is 3. The Morgan fingerprint density at radius 1 is 0.966 bits per heavy atom. The van der Waals surface area contributed by atoms with Crippen molar-refractivity contribution in [3.05, 3.63) is 54.4 Å². The highest BCUT2D eigenvalue weighted by Gasteiger charge is 2.36. The number of aryl methyl sites for hydroxylation is 1. The van der Waals surface area contributed by atoms with Gasteiger partial charge in [-0.25, -0.2) is 9.97 Å². The van der Waals surface area contributed by atoms with Gasteiger partial charge >= 0.3 is 6.18 Å². The number of para-hydroxylation sites is 1. The van der Waals surface area contributed by atoms with Gasteiger partial charge in [-0.2, -0.15) is 13.2 Å². The molecule has 0 amide bonds. The second kappa shape index (κ2) is 6.40. The molecule has 0 fully saturated rings. The summed E-state index contributed by atoms with van der Waals surface area (Å²) < 4.78 is 43.0. The van der Waals surface area contributed by atoms with Gasteiger partial charge in [0, 0.05) is 41.6 Å². The predicted molar refractivity (Wildman–Crippen MR) is 108 cm³/mol. The molecule has 2 aromatic heterocycles. The van der Waals surface area contributed by atoms with E-state index in [2.05, 4.69) is 9.97 Å². The van der Waals surface area contributed by atoms with Crippen LogP contribution in [0.25, 0.3) is 33.5 Å². The van der Waals surface area contributed by atoms with Crippen LogP contribution in [-0.4, -0.2) is 14.5 Å². The first-order valence-corrected chi connectivity index (χ1v) is 8.61. The van der Waals surface area contributed by atoms with Gasteiger partial charge in [-0.3, -0.25) is 0 Å². The van der Waals surface area contributed by atoms with Crippen molar-refractivity contribution in [3.8, 4) is 22.6 Å². The summed E-state index contributed by atoms with van der Waals surface area (Å²) in [7, 11) is 1.76. The Labute approximate surface area is 163 Å². The molecule has 2 aromatic carbocycles. The third kappa shape index (κ3) is 3.00. The Hall–Kier alpha value is -3.75. The monoisotopic (exact) mass is 398 g/mol. The van der Waals surface area contributed by atoms with Gasteiger partial charge in [-0.1, -0.05) is 18.2 Å². The van der Waals surface area contributed by atoms with Gasteiger partial charge in [-0.05, 0) is 18.2 Å². The van der Waals surface area contributed by atoms with Crippen molar-refractivity contribution in [1.82, 2.24) is 14.5 Å². The number of hydrogen-bond donors (Lipinski definition) is 3. The van der Waals surface area contributed by atoms with E-state index in [1.807, 2.05) is 12.1 Å². The Morgan fingerprint density at radius 2 is 1.66 bits per heavy atom. The fourth-order valence-corrected chi connectivity index (χ4v) is 3.35. The molecule has 2 heterocycles. The summed E-state index contributed by atoms with van der Waals surface area (Å²) in [4.78, 5) is 8.14. The highest BCUT2D eigenvalue weighted by molar-refractivity contribution is 5.97. The molecule has 0 saturated heterocycles. The molecule has 6 nitrogen and oxygen atoms in total. The molecule has 0 radical (unpaired) electrons. The van der Waals surface area contributed by atoms with Crippen LogP contribution in [-0.2, 0) is 13.2 Å². The summed E-state index contributed by atoms with van der Waals surface area (Å²) in [6.07, 6.45) is -2.28. The lowest BCUT2D eigenvalue weighted by Crippen LogP contribution is -2.11. The molecule has 0 bridgehead atoms. The molecule has 148 valence electrons. The summed E-state index contributed by atoms with van der Waals surface area (Å²) in [5.41, 5.74) is 18.5. The van der Waals surface area contributed by atoms with E-state index in [-0.39, 0.29) is 34.1 Å². The molecule has 0 aliphatic carbocycles. The van der Waals surface area contributed by atoms with Crippen LogP contribution in [0, 0.1) is 0 Å². The predicted octanol–water partition coefficient (Wildman–Crippen LogP) is 4.07. The lowest BCUT2D eigenvalue weighted by molar-refractivity contribution is -0.137. The van der Waals surface area contributed by atoms with Gasteiger partial charge in [-0.15, -0.1) is 0 Å². The Balaban J connectivity index is 2.05. The van der Waals surface area contributed by atoms with E-state index in [4.69, 9.17) is 17.2 Å². The minimum atomic E-state index is -4.64. The van der Waals surface area contributed by atoms with E-state index in [1.54, 1.807) is 29.9 Å². The number of halogens is 3. The second-order valence-electron chi connectivity index (χ2n) is 6.66. The van der Waals surface area contributed by atoms with Gasteiger partial charge < -0.3 is 21.8 Å². The van der Waals surface area contributed by atoms with Crippen molar-refractivity contribution < 1.29 is 13.2 Å². The van der Waals surface area contributed by atoms with Crippen LogP contribution in [0.1, 0.15) is 5.56 Å². The Bertz CT molecular complexity index is 1240. The first-order chi connectivity index (χ1) is 13.7. The van der Waals surface area contributed by atoms with Crippen LogP contribution < -0.4 is 17.2 Å². The standard InChI is InChI=1S/C20H17F3N6/c1-29-9-11(10-4-2-3-5-15(10)29)18-12(20(21,22)23)8-27-19(28-18)16-13(24)6-7-14(25)17(16)26/h2-9H,24-26H2,1H3. The summed E-state index contributed by atoms with van der Waals surface area (Å²) in [5, 5.41) is 0.638. The highest BCUT2D eigenvalue weighted by atomic mass is 19.4. The normalized spacial score (nSPS) is 11.9. The number of nitrogens with two attached hydrogens (primary N) is 3. The maximum absolute atomic E-state index is 13.7. The Kier molecular flexibility index (Phi) is 4.11. The third-order valence-corrected chi connectivity index (χ3v) is 4.78. The van der Waals surface area contributed by atoms with Crippen molar-refractivity contribution in [3.63, 3.8) is 0 Å². The molecular weight excluding hydrogens is 381 g/mol. The fraction of sp³-hybridized carbons (Fsp3) is 0.100. The van der Waals surface area contributed by atoms with E-state index in [9.17, 15) is 13.2 Å².